The number of nitriles is 1. The monoisotopic (exact) mass is 217 g/mol. The maximum Gasteiger partial charge on any atom is 0.226 e. The highest BCUT2D eigenvalue weighted by Crippen LogP contribution is 2.17. The van der Waals surface area contributed by atoms with Crippen molar-refractivity contribution >= 4 is 5.91 Å². The molecule has 1 amide bonds. The van der Waals surface area contributed by atoms with Gasteiger partial charge in [-0.3, -0.25) is 9.78 Å². The van der Waals surface area contributed by atoms with Gasteiger partial charge in [0.25, 0.3) is 0 Å². The highest BCUT2D eigenvalue weighted by Gasteiger charge is 2.24. The smallest absolute Gasteiger partial charge is 0.226 e. The fourth-order valence-corrected chi connectivity index (χ4v) is 1.09. The molecule has 1 heterocycles. The molecule has 1 atom stereocenters. The molecule has 4 heteroatoms. The molecule has 1 aromatic heterocycles. The number of hydrogen-bond donors (Lipinski definition) is 1. The summed E-state index contributed by atoms with van der Waals surface area (Å²) in [5.74, 6) is -0.143. The van der Waals surface area contributed by atoms with E-state index in [1.165, 1.54) is 0 Å². The van der Waals surface area contributed by atoms with Gasteiger partial charge in [0.2, 0.25) is 5.91 Å². The van der Waals surface area contributed by atoms with Crippen LogP contribution in [0.25, 0.3) is 0 Å². The summed E-state index contributed by atoms with van der Waals surface area (Å²) in [6, 6.07) is 4.88. The number of nitrogens with one attached hydrogen (secondary N) is 1. The van der Waals surface area contributed by atoms with Gasteiger partial charge in [0.15, 0.2) is 0 Å². The molecule has 0 aliphatic rings. The Bertz CT molecular complexity index is 401. The third kappa shape index (κ3) is 3.06. The van der Waals surface area contributed by atoms with Gasteiger partial charge >= 0.3 is 0 Å². The van der Waals surface area contributed by atoms with Gasteiger partial charge in [0.05, 0.1) is 6.07 Å². The summed E-state index contributed by atoms with van der Waals surface area (Å²) < 4.78 is 0. The van der Waals surface area contributed by atoms with Gasteiger partial charge in [-0.1, -0.05) is 20.8 Å². The van der Waals surface area contributed by atoms with Crippen LogP contribution in [0.5, 0.6) is 0 Å². The fourth-order valence-electron chi connectivity index (χ4n) is 1.09. The van der Waals surface area contributed by atoms with Crippen LogP contribution in [-0.4, -0.2) is 10.9 Å². The van der Waals surface area contributed by atoms with E-state index in [2.05, 4.69) is 16.4 Å². The zero-order valence-corrected chi connectivity index (χ0v) is 9.69. The summed E-state index contributed by atoms with van der Waals surface area (Å²) >= 11 is 0. The number of aromatic nitrogens is 1. The van der Waals surface area contributed by atoms with Crippen molar-refractivity contribution in [3.05, 3.63) is 30.1 Å². The molecular weight excluding hydrogens is 202 g/mol. The number of nitrogens with zero attached hydrogens (tertiary/aromatic N) is 2. The van der Waals surface area contributed by atoms with Gasteiger partial charge in [-0.05, 0) is 17.7 Å². The molecular formula is C12H15N3O. The number of carbonyl (C=O) groups is 1. The molecule has 0 saturated carbocycles. The highest BCUT2D eigenvalue weighted by molar-refractivity contribution is 5.82. The third-order valence-electron chi connectivity index (χ3n) is 2.13. The maximum atomic E-state index is 11.7. The molecule has 0 aromatic carbocycles. The minimum absolute atomic E-state index is 0.143. The van der Waals surface area contributed by atoms with Crippen LogP contribution in [0.2, 0.25) is 0 Å². The molecule has 16 heavy (non-hydrogen) atoms. The lowest BCUT2D eigenvalue weighted by Gasteiger charge is -2.20. The Kier molecular flexibility index (Phi) is 3.62. The second-order valence-corrected chi connectivity index (χ2v) is 4.57. The number of rotatable bonds is 2. The Labute approximate surface area is 95.3 Å². The molecule has 84 valence electrons. The van der Waals surface area contributed by atoms with Crippen LogP contribution < -0.4 is 5.32 Å². The van der Waals surface area contributed by atoms with Crippen molar-refractivity contribution in [3.8, 4) is 6.07 Å². The first-order valence-corrected chi connectivity index (χ1v) is 5.05. The summed E-state index contributed by atoms with van der Waals surface area (Å²) in [6.45, 7) is 5.43. The average molecular weight is 217 g/mol. The lowest BCUT2D eigenvalue weighted by molar-refractivity contribution is -0.128. The lowest BCUT2D eigenvalue weighted by atomic mass is 9.95. The Morgan fingerprint density at radius 3 is 2.44 bits per heavy atom. The Hall–Kier alpha value is -1.89. The van der Waals surface area contributed by atoms with Gasteiger partial charge < -0.3 is 5.32 Å². The predicted octanol–water partition coefficient (Wildman–Crippen LogP) is 1.81. The van der Waals surface area contributed by atoms with Crippen LogP contribution in [0.1, 0.15) is 32.4 Å². The molecule has 1 aromatic rings. The number of amides is 1. The zero-order valence-electron chi connectivity index (χ0n) is 9.69. The maximum absolute atomic E-state index is 11.7. The van der Waals surface area contributed by atoms with E-state index in [9.17, 15) is 4.79 Å². The van der Waals surface area contributed by atoms with Crippen LogP contribution in [0.15, 0.2) is 24.5 Å². The lowest BCUT2D eigenvalue weighted by Crippen LogP contribution is -2.36. The summed E-state index contributed by atoms with van der Waals surface area (Å²) in [6.07, 6.45) is 3.20. The molecule has 0 radical (unpaired) electrons. The molecule has 1 unspecified atom stereocenters. The predicted molar refractivity (Wildman–Crippen MR) is 60.2 cm³/mol. The van der Waals surface area contributed by atoms with Crippen molar-refractivity contribution in [2.24, 2.45) is 5.41 Å². The van der Waals surface area contributed by atoms with E-state index in [-0.39, 0.29) is 5.91 Å². The second-order valence-electron chi connectivity index (χ2n) is 4.57. The van der Waals surface area contributed by atoms with Crippen LogP contribution >= 0.6 is 0 Å². The van der Waals surface area contributed by atoms with Crippen molar-refractivity contribution in [2.75, 3.05) is 0 Å². The molecule has 4 nitrogen and oxygen atoms in total. The number of pyridine rings is 1. The standard InChI is InChI=1S/C12H15N3O/c1-12(2,3)11(16)15-10(8-13)9-4-6-14-7-5-9/h4-7,10H,1-3H3,(H,15,16). The van der Waals surface area contributed by atoms with Crippen molar-refractivity contribution in [1.82, 2.24) is 10.3 Å². The number of hydrogen-bond acceptors (Lipinski definition) is 3. The third-order valence-corrected chi connectivity index (χ3v) is 2.13. The molecule has 0 fully saturated rings. The van der Waals surface area contributed by atoms with E-state index in [4.69, 9.17) is 5.26 Å². The van der Waals surface area contributed by atoms with Crippen LogP contribution in [0.3, 0.4) is 0 Å². The van der Waals surface area contributed by atoms with Crippen molar-refractivity contribution in [1.29, 1.82) is 5.26 Å². The van der Waals surface area contributed by atoms with E-state index >= 15 is 0 Å². The quantitative estimate of drug-likeness (QED) is 0.821. The summed E-state index contributed by atoms with van der Waals surface area (Å²) in [7, 11) is 0. The molecule has 0 aliphatic carbocycles. The Morgan fingerprint density at radius 1 is 1.44 bits per heavy atom. The zero-order chi connectivity index (χ0) is 12.2. The molecule has 0 saturated heterocycles. The van der Waals surface area contributed by atoms with Gasteiger partial charge in [-0.2, -0.15) is 5.26 Å². The highest BCUT2D eigenvalue weighted by atomic mass is 16.2. The average Bonchev–Trinajstić information content (AvgIpc) is 2.25. The van der Waals surface area contributed by atoms with Gasteiger partial charge in [-0.15, -0.1) is 0 Å². The van der Waals surface area contributed by atoms with E-state index in [0.717, 1.165) is 5.56 Å². The van der Waals surface area contributed by atoms with E-state index in [1.54, 1.807) is 24.5 Å². The summed E-state index contributed by atoms with van der Waals surface area (Å²) in [4.78, 5) is 15.6. The van der Waals surface area contributed by atoms with Crippen molar-refractivity contribution in [2.45, 2.75) is 26.8 Å². The van der Waals surface area contributed by atoms with Crippen LogP contribution in [-0.2, 0) is 4.79 Å². The van der Waals surface area contributed by atoms with Crippen LogP contribution in [0, 0.1) is 16.7 Å². The van der Waals surface area contributed by atoms with E-state index in [0.29, 0.717) is 0 Å². The largest absolute Gasteiger partial charge is 0.336 e. The molecule has 1 N–H and O–H groups in total. The molecule has 0 bridgehead atoms. The molecule has 0 aliphatic heterocycles. The molecule has 0 spiro atoms. The van der Waals surface area contributed by atoms with Crippen molar-refractivity contribution in [3.63, 3.8) is 0 Å². The van der Waals surface area contributed by atoms with Crippen molar-refractivity contribution < 1.29 is 4.79 Å². The first-order chi connectivity index (χ1) is 7.45. The van der Waals surface area contributed by atoms with E-state index in [1.807, 2.05) is 20.8 Å². The Balaban J connectivity index is 2.80. The molecule has 1 rings (SSSR count). The number of carbonyl (C=O) groups excluding carboxylic acids is 1. The first kappa shape index (κ1) is 12.2. The minimum atomic E-state index is -0.616. The Morgan fingerprint density at radius 2 is 2.00 bits per heavy atom. The second kappa shape index (κ2) is 4.75. The fraction of sp³-hybridized carbons (Fsp3) is 0.417. The van der Waals surface area contributed by atoms with Gasteiger partial charge in [0.1, 0.15) is 6.04 Å². The normalized spacial score (nSPS) is 12.6. The summed E-state index contributed by atoms with van der Waals surface area (Å²) in [5, 5.41) is 11.7. The first-order valence-electron chi connectivity index (χ1n) is 5.05. The van der Waals surface area contributed by atoms with Gasteiger partial charge in [-0.25, -0.2) is 0 Å². The minimum Gasteiger partial charge on any atom is -0.336 e. The van der Waals surface area contributed by atoms with Gasteiger partial charge in [0, 0.05) is 17.8 Å². The van der Waals surface area contributed by atoms with E-state index < -0.39 is 11.5 Å². The van der Waals surface area contributed by atoms with Crippen LogP contribution in [0.4, 0.5) is 0 Å². The SMILES string of the molecule is CC(C)(C)C(=O)NC(C#N)c1ccncc1. The topological polar surface area (TPSA) is 65.8 Å². The summed E-state index contributed by atoms with van der Waals surface area (Å²) in [5.41, 5.74) is 0.248.